The number of nitrogens with zero attached hydrogens (tertiary/aromatic N) is 2. The Morgan fingerprint density at radius 2 is 1.81 bits per heavy atom. The molecule has 0 saturated heterocycles. The molecule has 31 heavy (non-hydrogen) atoms. The Kier molecular flexibility index (Phi) is 8.26. The summed E-state index contributed by atoms with van der Waals surface area (Å²) in [6.45, 7) is 6.07. The molecule has 0 aliphatic heterocycles. The number of amides is 1. The molecule has 0 bridgehead atoms. The summed E-state index contributed by atoms with van der Waals surface area (Å²) < 4.78 is 5.40. The van der Waals surface area contributed by atoms with E-state index in [4.69, 9.17) is 4.74 Å². The first-order chi connectivity index (χ1) is 14.9. The molecule has 1 amide bonds. The fourth-order valence-corrected chi connectivity index (χ4v) is 4.67. The number of thiazole rings is 1. The minimum absolute atomic E-state index is 0.00387. The molecule has 0 aliphatic rings. The fourth-order valence-electron chi connectivity index (χ4n) is 3.01. The molecular weight excluding hydrogens is 428 g/mol. The summed E-state index contributed by atoms with van der Waals surface area (Å²) in [5.41, 5.74) is 2.49. The van der Waals surface area contributed by atoms with E-state index in [0.29, 0.717) is 17.9 Å². The van der Waals surface area contributed by atoms with Gasteiger partial charge >= 0.3 is 5.97 Å². The molecule has 0 radical (unpaired) electrons. The lowest BCUT2D eigenvalue weighted by Crippen LogP contribution is -2.39. The van der Waals surface area contributed by atoms with Crippen molar-refractivity contribution < 1.29 is 14.3 Å². The van der Waals surface area contributed by atoms with Crippen molar-refractivity contribution in [3.63, 3.8) is 0 Å². The molecular formula is C24H26N2O3S2. The van der Waals surface area contributed by atoms with Crippen molar-refractivity contribution in [1.82, 2.24) is 9.88 Å². The fraction of sp³-hybridized carbons (Fsp3) is 0.292. The van der Waals surface area contributed by atoms with E-state index >= 15 is 0 Å². The van der Waals surface area contributed by atoms with Gasteiger partial charge in [0.15, 0.2) is 6.61 Å². The lowest BCUT2D eigenvalue weighted by Gasteiger charge is -2.26. The Labute approximate surface area is 191 Å². The van der Waals surface area contributed by atoms with Crippen molar-refractivity contribution in [3.05, 3.63) is 81.8 Å². The lowest BCUT2D eigenvalue weighted by atomic mass is 10.2. The summed E-state index contributed by atoms with van der Waals surface area (Å²) in [6.07, 6.45) is 0. The van der Waals surface area contributed by atoms with Gasteiger partial charge in [0.25, 0.3) is 5.91 Å². The van der Waals surface area contributed by atoms with Crippen LogP contribution in [0, 0.1) is 6.92 Å². The number of aryl methyl sites for hydroxylation is 1. The molecule has 2 aromatic carbocycles. The van der Waals surface area contributed by atoms with Gasteiger partial charge in [0.05, 0.1) is 16.3 Å². The molecule has 1 aromatic heterocycles. The molecule has 3 aromatic rings. The average molecular weight is 455 g/mol. The quantitative estimate of drug-likeness (QED) is 0.323. The normalized spacial score (nSPS) is 10.8. The van der Waals surface area contributed by atoms with Gasteiger partial charge in [0, 0.05) is 28.6 Å². The summed E-state index contributed by atoms with van der Waals surface area (Å²) >= 11 is 3.15. The highest BCUT2D eigenvalue weighted by molar-refractivity contribution is 7.98. The second-order valence-corrected chi connectivity index (χ2v) is 9.40. The van der Waals surface area contributed by atoms with Gasteiger partial charge in [-0.1, -0.05) is 42.5 Å². The van der Waals surface area contributed by atoms with Gasteiger partial charge in [-0.25, -0.2) is 9.78 Å². The van der Waals surface area contributed by atoms with Crippen molar-refractivity contribution in [2.45, 2.75) is 44.0 Å². The third-order valence-corrected chi connectivity index (χ3v) is 6.54. The Balaban J connectivity index is 1.61. The highest BCUT2D eigenvalue weighted by atomic mass is 32.2. The summed E-state index contributed by atoms with van der Waals surface area (Å²) in [6, 6.07) is 17.1. The zero-order chi connectivity index (χ0) is 22.2. The van der Waals surface area contributed by atoms with Gasteiger partial charge in [0.2, 0.25) is 0 Å². The van der Waals surface area contributed by atoms with Crippen LogP contribution in [0.25, 0.3) is 0 Å². The summed E-state index contributed by atoms with van der Waals surface area (Å²) in [5.74, 6) is -0.0317. The van der Waals surface area contributed by atoms with E-state index in [2.05, 4.69) is 4.98 Å². The number of carbonyl (C=O) groups excluding carboxylic acids is 2. The highest BCUT2D eigenvalue weighted by Gasteiger charge is 2.20. The van der Waals surface area contributed by atoms with Gasteiger partial charge in [0.1, 0.15) is 0 Å². The van der Waals surface area contributed by atoms with Crippen molar-refractivity contribution >= 4 is 35.0 Å². The van der Waals surface area contributed by atoms with Crippen LogP contribution in [0.3, 0.4) is 0 Å². The molecule has 0 aliphatic carbocycles. The third kappa shape index (κ3) is 6.67. The molecule has 162 valence electrons. The molecule has 1 heterocycles. The molecule has 0 saturated carbocycles. The van der Waals surface area contributed by atoms with Crippen LogP contribution in [-0.4, -0.2) is 34.4 Å². The van der Waals surface area contributed by atoms with Crippen LogP contribution in [0.5, 0.6) is 0 Å². The van der Waals surface area contributed by atoms with Crippen LogP contribution < -0.4 is 0 Å². The number of ether oxygens (including phenoxy) is 1. The standard InChI is InChI=1S/C24H26N2O3S2/c1-17(2)26(13-19-9-5-4-6-10-19)23(27)14-29-24(28)21-11-7-8-12-22(21)31-16-20-15-30-18(3)25-20/h4-12,15,17H,13-14,16H2,1-3H3. The number of rotatable bonds is 9. The monoisotopic (exact) mass is 454 g/mol. The Bertz CT molecular complexity index is 1020. The highest BCUT2D eigenvalue weighted by Crippen LogP contribution is 2.27. The first-order valence-electron chi connectivity index (χ1n) is 10.1. The molecule has 7 heteroatoms. The van der Waals surface area contributed by atoms with Crippen LogP contribution in [0.2, 0.25) is 0 Å². The van der Waals surface area contributed by atoms with Crippen LogP contribution >= 0.6 is 23.1 Å². The average Bonchev–Trinajstić information content (AvgIpc) is 3.20. The van der Waals surface area contributed by atoms with Gasteiger partial charge in [-0.3, -0.25) is 4.79 Å². The Hall–Kier alpha value is -2.64. The largest absolute Gasteiger partial charge is 0.452 e. The zero-order valence-electron chi connectivity index (χ0n) is 17.9. The number of hydrogen-bond donors (Lipinski definition) is 0. The lowest BCUT2D eigenvalue weighted by molar-refractivity contribution is -0.136. The van der Waals surface area contributed by atoms with E-state index in [0.717, 1.165) is 21.2 Å². The number of esters is 1. The van der Waals surface area contributed by atoms with Gasteiger partial charge < -0.3 is 9.64 Å². The molecule has 5 nitrogen and oxygen atoms in total. The number of benzene rings is 2. The molecule has 0 unspecified atom stereocenters. The maximum atomic E-state index is 12.8. The number of aromatic nitrogens is 1. The number of thioether (sulfide) groups is 1. The van der Waals surface area contributed by atoms with Crippen LogP contribution in [0.1, 0.15) is 40.5 Å². The van der Waals surface area contributed by atoms with E-state index in [9.17, 15) is 9.59 Å². The molecule has 0 N–H and O–H groups in total. The van der Waals surface area contributed by atoms with E-state index in [1.165, 1.54) is 11.8 Å². The summed E-state index contributed by atoms with van der Waals surface area (Å²) in [5, 5.41) is 3.04. The van der Waals surface area contributed by atoms with E-state index in [1.54, 1.807) is 28.4 Å². The molecule has 0 fully saturated rings. The minimum Gasteiger partial charge on any atom is -0.452 e. The third-order valence-electron chi connectivity index (χ3n) is 4.62. The van der Waals surface area contributed by atoms with Crippen LogP contribution in [-0.2, 0) is 21.8 Å². The van der Waals surface area contributed by atoms with Crippen molar-refractivity contribution in [2.24, 2.45) is 0 Å². The van der Waals surface area contributed by atoms with Gasteiger partial charge in [-0.15, -0.1) is 23.1 Å². The van der Waals surface area contributed by atoms with E-state index < -0.39 is 5.97 Å². The first-order valence-corrected chi connectivity index (χ1v) is 11.9. The molecule has 0 atom stereocenters. The number of carbonyl (C=O) groups is 2. The summed E-state index contributed by atoms with van der Waals surface area (Å²) in [4.78, 5) is 32.5. The Morgan fingerprint density at radius 1 is 1.10 bits per heavy atom. The maximum Gasteiger partial charge on any atom is 0.339 e. The van der Waals surface area contributed by atoms with Crippen molar-refractivity contribution in [2.75, 3.05) is 6.61 Å². The topological polar surface area (TPSA) is 59.5 Å². The predicted octanol–water partition coefficient (Wildman–Crippen LogP) is 5.34. The van der Waals surface area contributed by atoms with Crippen molar-refractivity contribution in [1.29, 1.82) is 0 Å². The van der Waals surface area contributed by atoms with Crippen LogP contribution in [0.15, 0.2) is 64.9 Å². The Morgan fingerprint density at radius 3 is 2.48 bits per heavy atom. The summed E-state index contributed by atoms with van der Waals surface area (Å²) in [7, 11) is 0. The van der Waals surface area contributed by atoms with E-state index in [-0.39, 0.29) is 18.6 Å². The first kappa shape index (κ1) is 23.0. The smallest absolute Gasteiger partial charge is 0.339 e. The van der Waals surface area contributed by atoms with Gasteiger partial charge in [-0.05, 0) is 38.5 Å². The van der Waals surface area contributed by atoms with Gasteiger partial charge in [-0.2, -0.15) is 0 Å². The second-order valence-electron chi connectivity index (χ2n) is 7.32. The maximum absolute atomic E-state index is 12.8. The molecule has 3 rings (SSSR count). The SMILES string of the molecule is Cc1nc(CSc2ccccc2C(=O)OCC(=O)N(Cc2ccccc2)C(C)C)cs1. The van der Waals surface area contributed by atoms with Crippen LogP contribution in [0.4, 0.5) is 0 Å². The minimum atomic E-state index is -0.491. The van der Waals surface area contributed by atoms with E-state index in [1.807, 2.05) is 68.6 Å². The zero-order valence-corrected chi connectivity index (χ0v) is 19.5. The second kappa shape index (κ2) is 11.1. The van der Waals surface area contributed by atoms with Crippen molar-refractivity contribution in [3.8, 4) is 0 Å². The number of hydrogen-bond acceptors (Lipinski definition) is 6. The molecule has 0 spiro atoms. The predicted molar refractivity (Wildman–Crippen MR) is 125 cm³/mol.